The van der Waals surface area contributed by atoms with Crippen molar-refractivity contribution in [1.29, 1.82) is 0 Å². The predicted octanol–water partition coefficient (Wildman–Crippen LogP) is 3.62. The van der Waals surface area contributed by atoms with E-state index in [0.29, 0.717) is 18.9 Å². The lowest BCUT2D eigenvalue weighted by Gasteiger charge is -2.19. The second-order valence-corrected chi connectivity index (χ2v) is 9.03. The van der Waals surface area contributed by atoms with Crippen LogP contribution in [0.4, 0.5) is 18.9 Å². The number of nitrogens with two attached hydrogens (primary N) is 1. The fourth-order valence-electron chi connectivity index (χ4n) is 3.99. The van der Waals surface area contributed by atoms with Gasteiger partial charge in [-0.05, 0) is 55.2 Å². The van der Waals surface area contributed by atoms with Crippen LogP contribution in [0.3, 0.4) is 0 Å². The maximum atomic E-state index is 12.8. The lowest BCUT2D eigenvalue weighted by Crippen LogP contribution is -2.46. The van der Waals surface area contributed by atoms with Crippen LogP contribution in [0.15, 0.2) is 66.7 Å². The van der Waals surface area contributed by atoms with Crippen LogP contribution in [0, 0.1) is 5.92 Å². The Morgan fingerprint density at radius 1 is 1.08 bits per heavy atom. The molecule has 0 saturated heterocycles. The Kier molecular flexibility index (Phi) is 9.46. The Morgan fingerprint density at radius 3 is 2.32 bits per heavy atom. The number of carbonyl (C=O) groups excluding carboxylic acids is 2. The number of halogens is 3. The van der Waals surface area contributed by atoms with Crippen molar-refractivity contribution in [3.63, 3.8) is 0 Å². The Hall–Kier alpha value is -3.66. The monoisotopic (exact) mass is 517 g/mol. The van der Waals surface area contributed by atoms with Gasteiger partial charge in [0.05, 0.1) is 6.04 Å². The second kappa shape index (κ2) is 12.5. The molecule has 2 amide bonds. The number of carboxylic acids is 1. The average Bonchev–Trinajstić information content (AvgIpc) is 3.63. The minimum absolute atomic E-state index is 0.0506. The smallest absolute Gasteiger partial charge is 0.475 e. The van der Waals surface area contributed by atoms with Crippen LogP contribution in [0.1, 0.15) is 30.4 Å². The summed E-state index contributed by atoms with van der Waals surface area (Å²) >= 11 is 0. The molecule has 0 unspecified atom stereocenters. The van der Waals surface area contributed by atoms with Gasteiger partial charge in [-0.2, -0.15) is 13.2 Å². The van der Waals surface area contributed by atoms with Gasteiger partial charge in [-0.25, -0.2) is 4.79 Å². The number of rotatable bonds is 8. The van der Waals surface area contributed by atoms with E-state index in [1.54, 1.807) is 11.0 Å². The van der Waals surface area contributed by atoms with Gasteiger partial charge in [-0.1, -0.05) is 54.6 Å². The fourth-order valence-corrected chi connectivity index (χ4v) is 3.99. The van der Waals surface area contributed by atoms with Crippen LogP contribution in [0.5, 0.6) is 0 Å². The topological polar surface area (TPSA) is 113 Å². The number of aliphatic carboxylic acids is 1. The Bertz CT molecular complexity index is 1120. The minimum atomic E-state index is -5.08. The van der Waals surface area contributed by atoms with Gasteiger partial charge < -0.3 is 21.1 Å². The third kappa shape index (κ3) is 8.45. The molecule has 1 aliphatic carbocycles. The van der Waals surface area contributed by atoms with Gasteiger partial charge in [-0.3, -0.25) is 9.59 Å². The van der Waals surface area contributed by atoms with E-state index in [1.807, 2.05) is 42.5 Å². The molecule has 1 fully saturated rings. The molecule has 10 heteroatoms. The first-order valence-corrected chi connectivity index (χ1v) is 12.0. The van der Waals surface area contributed by atoms with Crippen molar-refractivity contribution in [2.24, 2.45) is 11.7 Å². The Morgan fingerprint density at radius 2 is 1.70 bits per heavy atom. The van der Waals surface area contributed by atoms with Gasteiger partial charge in [0.15, 0.2) is 0 Å². The standard InChI is InChI=1S/C25H29N3O2.C2HF3O2/c26-24(20-11-12-20)25(30)27-21(13-10-18-6-2-1-3-7-18)14-15-23(29)28-17-16-19-8-4-5-9-22(19)28;3-2(4,5)1(6)7/h1-9,14-15,20-21,24H,10-13,16-17,26H2,(H,27,30);(H,6,7)/t21-,24-;/m0./s1. The maximum Gasteiger partial charge on any atom is 0.490 e. The van der Waals surface area contributed by atoms with Crippen molar-refractivity contribution in [3.8, 4) is 0 Å². The van der Waals surface area contributed by atoms with Crippen LogP contribution in [-0.4, -0.2) is 47.7 Å². The largest absolute Gasteiger partial charge is 0.490 e. The number of carbonyl (C=O) groups is 3. The van der Waals surface area contributed by atoms with Crippen molar-refractivity contribution in [1.82, 2.24) is 5.32 Å². The number of hydrogen-bond acceptors (Lipinski definition) is 4. The molecule has 0 spiro atoms. The molecule has 2 aromatic rings. The van der Waals surface area contributed by atoms with Gasteiger partial charge in [0.1, 0.15) is 0 Å². The SMILES string of the molecule is N[C@H](C(=O)N[C@H](C=CC(=O)N1CCc2ccccc21)CCc1ccccc1)C1CC1.O=C(O)C(F)(F)F. The number of amides is 2. The lowest BCUT2D eigenvalue weighted by atomic mass is 10.0. The van der Waals surface area contributed by atoms with Crippen LogP contribution >= 0.6 is 0 Å². The number of hydrogen-bond donors (Lipinski definition) is 3. The summed E-state index contributed by atoms with van der Waals surface area (Å²) in [5.41, 5.74) is 9.46. The highest BCUT2D eigenvalue weighted by molar-refractivity contribution is 6.03. The molecular formula is C27H30F3N3O4. The lowest BCUT2D eigenvalue weighted by molar-refractivity contribution is -0.192. The van der Waals surface area contributed by atoms with Crippen LogP contribution in [-0.2, 0) is 27.2 Å². The third-order valence-corrected chi connectivity index (χ3v) is 6.21. The number of nitrogens with one attached hydrogen (secondary N) is 1. The first-order chi connectivity index (χ1) is 17.6. The molecule has 1 heterocycles. The van der Waals surface area contributed by atoms with Crippen molar-refractivity contribution in [3.05, 3.63) is 77.9 Å². The molecule has 1 aliphatic heterocycles. The normalized spacial score (nSPS) is 16.4. The molecule has 7 nitrogen and oxygen atoms in total. The van der Waals surface area contributed by atoms with Gasteiger partial charge in [0, 0.05) is 24.4 Å². The van der Waals surface area contributed by atoms with Crippen molar-refractivity contribution in [2.75, 3.05) is 11.4 Å². The summed E-state index contributed by atoms with van der Waals surface area (Å²) < 4.78 is 31.7. The highest BCUT2D eigenvalue weighted by atomic mass is 19.4. The van der Waals surface area contributed by atoms with Crippen molar-refractivity contribution in [2.45, 2.75) is 50.4 Å². The zero-order valence-electron chi connectivity index (χ0n) is 20.2. The first kappa shape index (κ1) is 27.9. The van der Waals surface area contributed by atoms with E-state index in [1.165, 1.54) is 11.1 Å². The fraction of sp³-hybridized carbons (Fsp3) is 0.370. The molecule has 0 aromatic heterocycles. The number of carboxylic acid groups (broad SMARTS) is 1. The summed E-state index contributed by atoms with van der Waals surface area (Å²) in [5.74, 6) is -2.64. The maximum absolute atomic E-state index is 12.8. The van der Waals surface area contributed by atoms with E-state index < -0.39 is 18.2 Å². The first-order valence-electron chi connectivity index (χ1n) is 12.0. The molecule has 2 aliphatic rings. The summed E-state index contributed by atoms with van der Waals surface area (Å²) in [4.78, 5) is 36.1. The molecule has 37 heavy (non-hydrogen) atoms. The van der Waals surface area contributed by atoms with Gasteiger partial charge in [0.25, 0.3) is 5.91 Å². The number of benzene rings is 2. The summed E-state index contributed by atoms with van der Waals surface area (Å²) in [6.45, 7) is 0.691. The predicted molar refractivity (Wildman–Crippen MR) is 133 cm³/mol. The highest BCUT2D eigenvalue weighted by Crippen LogP contribution is 2.31. The minimum Gasteiger partial charge on any atom is -0.475 e. The van der Waals surface area contributed by atoms with E-state index in [4.69, 9.17) is 15.6 Å². The number of alkyl halides is 3. The molecule has 2 atom stereocenters. The molecule has 0 radical (unpaired) electrons. The van der Waals surface area contributed by atoms with E-state index in [9.17, 15) is 22.8 Å². The number of nitrogens with zero attached hydrogens (tertiary/aromatic N) is 1. The molecular weight excluding hydrogens is 487 g/mol. The van der Waals surface area contributed by atoms with Crippen molar-refractivity contribution < 1.29 is 32.7 Å². The van der Waals surface area contributed by atoms with Crippen LogP contribution in [0.2, 0.25) is 0 Å². The average molecular weight is 518 g/mol. The summed E-state index contributed by atoms with van der Waals surface area (Å²) in [6, 6.07) is 17.5. The molecule has 2 aromatic carbocycles. The number of fused-ring (bicyclic) bond motifs is 1. The second-order valence-electron chi connectivity index (χ2n) is 9.03. The zero-order chi connectivity index (χ0) is 27.0. The van der Waals surface area contributed by atoms with Crippen LogP contribution < -0.4 is 16.0 Å². The highest BCUT2D eigenvalue weighted by Gasteiger charge is 2.38. The molecule has 1 saturated carbocycles. The zero-order valence-corrected chi connectivity index (χ0v) is 20.2. The van der Waals surface area contributed by atoms with Gasteiger partial charge >= 0.3 is 12.1 Å². The van der Waals surface area contributed by atoms with E-state index >= 15 is 0 Å². The van der Waals surface area contributed by atoms with Gasteiger partial charge in [-0.15, -0.1) is 0 Å². The quantitative estimate of drug-likeness (QED) is 0.463. The summed E-state index contributed by atoms with van der Waals surface area (Å²) in [5, 5.41) is 10.2. The van der Waals surface area contributed by atoms with Crippen molar-refractivity contribution >= 4 is 23.5 Å². The molecule has 4 N–H and O–H groups in total. The summed E-state index contributed by atoms with van der Waals surface area (Å²) in [6.07, 6.45) is 2.78. The molecule has 198 valence electrons. The summed E-state index contributed by atoms with van der Waals surface area (Å²) in [7, 11) is 0. The van der Waals surface area contributed by atoms with E-state index in [-0.39, 0.29) is 17.9 Å². The molecule has 4 rings (SSSR count). The Labute approximate surface area is 213 Å². The van der Waals surface area contributed by atoms with E-state index in [2.05, 4.69) is 23.5 Å². The number of para-hydroxylation sites is 1. The number of aryl methyl sites for hydroxylation is 1. The third-order valence-electron chi connectivity index (χ3n) is 6.21. The van der Waals surface area contributed by atoms with Crippen LogP contribution in [0.25, 0.3) is 0 Å². The van der Waals surface area contributed by atoms with E-state index in [0.717, 1.165) is 31.4 Å². The Balaban J connectivity index is 0.000000479. The number of anilines is 1. The van der Waals surface area contributed by atoms with Gasteiger partial charge in [0.2, 0.25) is 5.91 Å². The molecule has 0 bridgehead atoms.